The van der Waals surface area contributed by atoms with Crippen molar-refractivity contribution in [2.75, 3.05) is 0 Å². The molecule has 1 fully saturated rings. The van der Waals surface area contributed by atoms with E-state index in [1.165, 1.54) is 12.0 Å². The Morgan fingerprint density at radius 2 is 1.86 bits per heavy atom. The monoisotopic (exact) mass is 290 g/mol. The maximum atomic E-state index is 6.13. The molecule has 3 heteroatoms. The van der Waals surface area contributed by atoms with Crippen LogP contribution in [-0.4, -0.2) is 16.6 Å². The summed E-state index contributed by atoms with van der Waals surface area (Å²) >= 11 is 0. The van der Waals surface area contributed by atoms with Gasteiger partial charge in [0.25, 0.3) is 0 Å². The summed E-state index contributed by atoms with van der Waals surface area (Å²) < 4.78 is 6.13. The first kappa shape index (κ1) is 16.3. The molecule has 2 unspecified atom stereocenters. The SMILES string of the molecule is CC1CC(C)CC(Oc2cc(CNC(C)(C)C)ccn2)C1. The summed E-state index contributed by atoms with van der Waals surface area (Å²) in [5, 5.41) is 3.50. The number of pyridine rings is 1. The van der Waals surface area contributed by atoms with Crippen LogP contribution < -0.4 is 10.1 Å². The van der Waals surface area contributed by atoms with E-state index in [0.717, 1.165) is 37.1 Å². The molecule has 1 aromatic rings. The van der Waals surface area contributed by atoms with Gasteiger partial charge in [0.05, 0.1) is 0 Å². The summed E-state index contributed by atoms with van der Waals surface area (Å²) in [4.78, 5) is 4.38. The molecule has 0 spiro atoms. The lowest BCUT2D eigenvalue weighted by atomic mass is 9.82. The number of hydrogen-bond acceptors (Lipinski definition) is 3. The Morgan fingerprint density at radius 3 is 2.48 bits per heavy atom. The van der Waals surface area contributed by atoms with Crippen LogP contribution in [0.25, 0.3) is 0 Å². The zero-order valence-corrected chi connectivity index (χ0v) is 14.1. The normalized spacial score (nSPS) is 26.6. The van der Waals surface area contributed by atoms with Crippen LogP contribution in [0.4, 0.5) is 0 Å². The van der Waals surface area contributed by atoms with Crippen molar-refractivity contribution in [3.63, 3.8) is 0 Å². The topological polar surface area (TPSA) is 34.1 Å². The minimum Gasteiger partial charge on any atom is -0.474 e. The fourth-order valence-electron chi connectivity index (χ4n) is 3.13. The van der Waals surface area contributed by atoms with Crippen LogP contribution in [0.2, 0.25) is 0 Å². The molecule has 0 aliphatic heterocycles. The molecule has 118 valence electrons. The molecule has 0 aromatic carbocycles. The van der Waals surface area contributed by atoms with Gasteiger partial charge < -0.3 is 10.1 Å². The number of ether oxygens (including phenoxy) is 1. The number of nitrogens with one attached hydrogen (secondary N) is 1. The van der Waals surface area contributed by atoms with Crippen LogP contribution >= 0.6 is 0 Å². The van der Waals surface area contributed by atoms with Gasteiger partial charge in [-0.05, 0) is 63.5 Å². The van der Waals surface area contributed by atoms with Crippen molar-refractivity contribution in [3.8, 4) is 5.88 Å². The highest BCUT2D eigenvalue weighted by atomic mass is 16.5. The summed E-state index contributed by atoms with van der Waals surface area (Å²) in [6.45, 7) is 12.0. The van der Waals surface area contributed by atoms with E-state index in [-0.39, 0.29) is 5.54 Å². The highest BCUT2D eigenvalue weighted by Crippen LogP contribution is 2.30. The first-order chi connectivity index (χ1) is 9.82. The highest BCUT2D eigenvalue weighted by Gasteiger charge is 2.25. The zero-order chi connectivity index (χ0) is 15.5. The summed E-state index contributed by atoms with van der Waals surface area (Å²) in [6, 6.07) is 4.13. The van der Waals surface area contributed by atoms with Crippen molar-refractivity contribution < 1.29 is 4.74 Å². The number of aromatic nitrogens is 1. The first-order valence-corrected chi connectivity index (χ1v) is 8.18. The van der Waals surface area contributed by atoms with E-state index in [0.29, 0.717) is 6.10 Å². The van der Waals surface area contributed by atoms with Gasteiger partial charge in [0.1, 0.15) is 6.10 Å². The molecule has 1 heterocycles. The maximum absolute atomic E-state index is 6.13. The molecule has 2 atom stereocenters. The Labute approximate surface area is 129 Å². The second-order valence-corrected chi connectivity index (χ2v) is 7.76. The van der Waals surface area contributed by atoms with Crippen LogP contribution in [0.5, 0.6) is 5.88 Å². The fraction of sp³-hybridized carbons (Fsp3) is 0.722. The molecule has 1 saturated carbocycles. The van der Waals surface area contributed by atoms with Gasteiger partial charge in [0.15, 0.2) is 0 Å². The highest BCUT2D eigenvalue weighted by molar-refractivity contribution is 5.20. The summed E-state index contributed by atoms with van der Waals surface area (Å²) in [5.41, 5.74) is 1.35. The summed E-state index contributed by atoms with van der Waals surface area (Å²) in [5.74, 6) is 2.28. The minimum absolute atomic E-state index is 0.124. The molecular formula is C18H30N2O. The van der Waals surface area contributed by atoms with Gasteiger partial charge in [-0.25, -0.2) is 4.98 Å². The largest absolute Gasteiger partial charge is 0.474 e. The second-order valence-electron chi connectivity index (χ2n) is 7.76. The lowest BCUT2D eigenvalue weighted by Gasteiger charge is -2.31. The summed E-state index contributed by atoms with van der Waals surface area (Å²) in [7, 11) is 0. The van der Waals surface area contributed by atoms with Crippen molar-refractivity contribution in [2.45, 2.75) is 72.1 Å². The van der Waals surface area contributed by atoms with Gasteiger partial charge in [0, 0.05) is 24.3 Å². The second kappa shape index (κ2) is 6.78. The van der Waals surface area contributed by atoms with E-state index in [2.05, 4.69) is 57.1 Å². The van der Waals surface area contributed by atoms with E-state index >= 15 is 0 Å². The van der Waals surface area contributed by atoms with Crippen molar-refractivity contribution in [3.05, 3.63) is 23.9 Å². The summed E-state index contributed by atoms with van der Waals surface area (Å²) in [6.07, 6.45) is 5.79. The van der Waals surface area contributed by atoms with Gasteiger partial charge in [-0.2, -0.15) is 0 Å². The lowest BCUT2D eigenvalue weighted by molar-refractivity contribution is 0.0966. The minimum atomic E-state index is 0.124. The van der Waals surface area contributed by atoms with E-state index in [4.69, 9.17) is 4.74 Å². The average molecular weight is 290 g/mol. The smallest absolute Gasteiger partial charge is 0.213 e. The standard InChI is InChI=1S/C18H30N2O/c1-13-8-14(2)10-16(9-13)21-17-11-15(6-7-19-17)12-20-18(3,4)5/h6-7,11,13-14,16,20H,8-10,12H2,1-5H3. The van der Waals surface area contributed by atoms with Crippen molar-refractivity contribution >= 4 is 0 Å². The number of rotatable bonds is 4. The van der Waals surface area contributed by atoms with E-state index in [1.54, 1.807) is 0 Å². The Hall–Kier alpha value is -1.09. The molecule has 0 amide bonds. The van der Waals surface area contributed by atoms with Crippen LogP contribution in [0.15, 0.2) is 18.3 Å². The third-order valence-electron chi connectivity index (χ3n) is 4.04. The number of nitrogens with zero attached hydrogens (tertiary/aromatic N) is 1. The molecule has 3 nitrogen and oxygen atoms in total. The maximum Gasteiger partial charge on any atom is 0.213 e. The third-order valence-corrected chi connectivity index (χ3v) is 4.04. The number of hydrogen-bond donors (Lipinski definition) is 1. The predicted molar refractivity (Wildman–Crippen MR) is 87.4 cm³/mol. The zero-order valence-electron chi connectivity index (χ0n) is 14.1. The first-order valence-electron chi connectivity index (χ1n) is 8.18. The Morgan fingerprint density at radius 1 is 1.19 bits per heavy atom. The van der Waals surface area contributed by atoms with Gasteiger partial charge in [0.2, 0.25) is 5.88 Å². The van der Waals surface area contributed by atoms with Gasteiger partial charge in [-0.15, -0.1) is 0 Å². The molecule has 1 aromatic heterocycles. The molecule has 2 rings (SSSR count). The molecule has 1 aliphatic rings. The molecule has 1 aliphatic carbocycles. The molecule has 0 bridgehead atoms. The Balaban J connectivity index is 1.94. The molecule has 0 saturated heterocycles. The van der Waals surface area contributed by atoms with Gasteiger partial charge in [-0.1, -0.05) is 13.8 Å². The molecular weight excluding hydrogens is 260 g/mol. The van der Waals surface area contributed by atoms with E-state index in [1.807, 2.05) is 6.20 Å². The van der Waals surface area contributed by atoms with E-state index in [9.17, 15) is 0 Å². The van der Waals surface area contributed by atoms with Crippen LogP contribution in [0.1, 0.15) is 59.4 Å². The lowest BCUT2D eigenvalue weighted by Crippen LogP contribution is -2.35. The third kappa shape index (κ3) is 5.66. The fourth-order valence-corrected chi connectivity index (χ4v) is 3.13. The van der Waals surface area contributed by atoms with Crippen molar-refractivity contribution in [1.29, 1.82) is 0 Å². The average Bonchev–Trinajstić information content (AvgIpc) is 2.35. The molecule has 0 radical (unpaired) electrons. The predicted octanol–water partition coefficient (Wildman–Crippen LogP) is 4.17. The quantitative estimate of drug-likeness (QED) is 0.903. The molecule has 1 N–H and O–H groups in total. The van der Waals surface area contributed by atoms with Crippen LogP contribution in [0.3, 0.4) is 0 Å². The molecule has 21 heavy (non-hydrogen) atoms. The Kier molecular flexibility index (Phi) is 5.26. The van der Waals surface area contributed by atoms with E-state index < -0.39 is 0 Å². The van der Waals surface area contributed by atoms with Crippen molar-refractivity contribution in [1.82, 2.24) is 10.3 Å². The van der Waals surface area contributed by atoms with Crippen LogP contribution in [-0.2, 0) is 6.54 Å². The Bertz CT molecular complexity index is 443. The van der Waals surface area contributed by atoms with Gasteiger partial charge in [-0.3, -0.25) is 0 Å². The van der Waals surface area contributed by atoms with Crippen molar-refractivity contribution in [2.24, 2.45) is 11.8 Å². The van der Waals surface area contributed by atoms with Gasteiger partial charge >= 0.3 is 0 Å². The van der Waals surface area contributed by atoms with Crippen LogP contribution in [0, 0.1) is 11.8 Å².